The highest BCUT2D eigenvalue weighted by molar-refractivity contribution is 6.16. The molecule has 5 nitrogen and oxygen atoms in total. The minimum atomic E-state index is 0.565. The Kier molecular flexibility index (Phi) is 6.18. The first kappa shape index (κ1) is 28.7. The maximum Gasteiger partial charge on any atom is 0.228 e. The van der Waals surface area contributed by atoms with Crippen molar-refractivity contribution in [3.05, 3.63) is 170 Å². The summed E-state index contributed by atoms with van der Waals surface area (Å²) in [4.78, 5) is 7.34. The molecule has 5 heteroatoms. The quantitative estimate of drug-likeness (QED) is 0.183. The van der Waals surface area contributed by atoms with Gasteiger partial charge in [0.1, 0.15) is 22.3 Å². The van der Waals surface area contributed by atoms with E-state index in [0.29, 0.717) is 5.89 Å². The Balaban J connectivity index is 1.15. The molecule has 0 unspecified atom stereocenters. The van der Waals surface area contributed by atoms with Crippen LogP contribution in [0.1, 0.15) is 0 Å². The fourth-order valence-electron chi connectivity index (χ4n) is 7.70. The molecule has 0 aliphatic carbocycles. The van der Waals surface area contributed by atoms with Gasteiger partial charge in [-0.05, 0) is 77.2 Å². The lowest BCUT2D eigenvalue weighted by atomic mass is 10.0. The summed E-state index contributed by atoms with van der Waals surface area (Å²) in [7, 11) is 0. The number of benzene rings is 8. The van der Waals surface area contributed by atoms with Crippen molar-refractivity contribution in [2.24, 2.45) is 0 Å². The van der Waals surface area contributed by atoms with Gasteiger partial charge < -0.3 is 18.2 Å². The Morgan fingerprint density at radius 2 is 1.13 bits per heavy atom. The Hall–Kier alpha value is -7.11. The van der Waals surface area contributed by atoms with Crippen LogP contribution in [0.3, 0.4) is 0 Å². The molecule has 11 rings (SSSR count). The molecule has 0 saturated carbocycles. The van der Waals surface area contributed by atoms with Gasteiger partial charge in [0.05, 0.1) is 5.69 Å². The van der Waals surface area contributed by atoms with Crippen LogP contribution in [0, 0.1) is 0 Å². The average Bonchev–Trinajstić information content (AvgIpc) is 3.92. The summed E-state index contributed by atoms with van der Waals surface area (Å²) in [5, 5.41) is 6.27. The van der Waals surface area contributed by atoms with E-state index in [4.69, 9.17) is 18.2 Å². The zero-order chi connectivity index (χ0) is 34.2. The number of hydrogen-bond acceptors (Lipinski definition) is 5. The van der Waals surface area contributed by atoms with Crippen LogP contribution < -0.4 is 4.90 Å². The summed E-state index contributed by atoms with van der Waals surface area (Å²) >= 11 is 0. The van der Waals surface area contributed by atoms with E-state index in [9.17, 15) is 0 Å². The fourth-order valence-corrected chi connectivity index (χ4v) is 7.70. The molecular weight excluding hydrogens is 641 g/mol. The summed E-state index contributed by atoms with van der Waals surface area (Å²) in [6.07, 6.45) is 0. The lowest BCUT2D eigenvalue weighted by Gasteiger charge is -2.26. The van der Waals surface area contributed by atoms with Gasteiger partial charge in [-0.3, -0.25) is 0 Å². The molecule has 52 heavy (non-hydrogen) atoms. The predicted molar refractivity (Wildman–Crippen MR) is 212 cm³/mol. The molecule has 3 heterocycles. The zero-order valence-electron chi connectivity index (χ0n) is 27.8. The molecule has 0 atom stereocenters. The highest BCUT2D eigenvalue weighted by Gasteiger charge is 2.23. The molecule has 11 aromatic rings. The molecule has 244 valence electrons. The molecule has 8 aromatic carbocycles. The van der Waals surface area contributed by atoms with Gasteiger partial charge in [0.25, 0.3) is 0 Å². The van der Waals surface area contributed by atoms with Gasteiger partial charge in [0.15, 0.2) is 11.2 Å². The van der Waals surface area contributed by atoms with Crippen molar-refractivity contribution in [3.8, 4) is 22.6 Å². The maximum atomic E-state index is 6.84. The predicted octanol–water partition coefficient (Wildman–Crippen LogP) is 13.6. The number of rotatable bonds is 5. The third kappa shape index (κ3) is 4.39. The van der Waals surface area contributed by atoms with Crippen LogP contribution in [-0.2, 0) is 0 Å². The second kappa shape index (κ2) is 11.2. The minimum Gasteiger partial charge on any atom is -0.456 e. The van der Waals surface area contributed by atoms with Gasteiger partial charge >= 0.3 is 0 Å². The van der Waals surface area contributed by atoms with E-state index in [1.165, 1.54) is 0 Å². The first-order valence-electron chi connectivity index (χ1n) is 17.4. The Bertz CT molecular complexity index is 3150. The van der Waals surface area contributed by atoms with E-state index < -0.39 is 0 Å². The third-order valence-corrected chi connectivity index (χ3v) is 10.1. The first-order chi connectivity index (χ1) is 25.8. The highest BCUT2D eigenvalue weighted by atomic mass is 16.4. The molecule has 0 saturated heterocycles. The highest BCUT2D eigenvalue weighted by Crippen LogP contribution is 2.46. The van der Waals surface area contributed by atoms with Crippen molar-refractivity contribution < 1.29 is 13.3 Å². The molecule has 0 N–H and O–H groups in total. The largest absolute Gasteiger partial charge is 0.456 e. The van der Waals surface area contributed by atoms with E-state index in [1.54, 1.807) is 0 Å². The topological polar surface area (TPSA) is 55.6 Å². The van der Waals surface area contributed by atoms with E-state index >= 15 is 0 Å². The van der Waals surface area contributed by atoms with Crippen molar-refractivity contribution in [2.45, 2.75) is 0 Å². The number of nitrogens with zero attached hydrogens (tertiary/aromatic N) is 2. The number of fused-ring (bicyclic) bond motifs is 9. The molecule has 3 aromatic heterocycles. The molecule has 0 bridgehead atoms. The standard InChI is InChI=1S/C47H28N2O3/c1-2-11-29(12-3-1)31-14-8-15-32(27-31)49(33-24-26-41-38(28-33)35-17-6-7-21-40(35)50-41)39-20-9-18-36-44-37(19-10-22-42(44)51-46(36)39)47-48-45-34-16-5-4-13-30(34)23-25-43(45)52-47/h1-28H. The summed E-state index contributed by atoms with van der Waals surface area (Å²) in [6.45, 7) is 0. The summed E-state index contributed by atoms with van der Waals surface area (Å²) < 4.78 is 19.5. The number of anilines is 3. The van der Waals surface area contributed by atoms with Crippen LogP contribution in [0.25, 0.3) is 88.3 Å². The number of hydrogen-bond donors (Lipinski definition) is 0. The van der Waals surface area contributed by atoms with Crippen LogP contribution in [0.4, 0.5) is 17.1 Å². The van der Waals surface area contributed by atoms with Crippen molar-refractivity contribution in [3.63, 3.8) is 0 Å². The number of para-hydroxylation sites is 2. The molecule has 0 amide bonds. The van der Waals surface area contributed by atoms with E-state index in [1.807, 2.05) is 48.5 Å². The van der Waals surface area contributed by atoms with E-state index in [0.717, 1.165) is 99.5 Å². The fraction of sp³-hybridized carbons (Fsp3) is 0. The van der Waals surface area contributed by atoms with Crippen LogP contribution in [0.2, 0.25) is 0 Å². The lowest BCUT2D eigenvalue weighted by Crippen LogP contribution is -2.10. The minimum absolute atomic E-state index is 0.565. The SMILES string of the molecule is c1ccc(-c2cccc(N(c3ccc4oc5ccccc5c4c3)c3cccc4c3oc3cccc(-c5nc6c(ccc7ccccc76)o5)c34)c2)cc1. The molecule has 0 aliphatic rings. The Morgan fingerprint density at radius 1 is 0.423 bits per heavy atom. The van der Waals surface area contributed by atoms with Gasteiger partial charge in [-0.15, -0.1) is 0 Å². The van der Waals surface area contributed by atoms with Crippen molar-refractivity contribution in [1.29, 1.82) is 0 Å². The second-order valence-corrected chi connectivity index (χ2v) is 13.1. The van der Waals surface area contributed by atoms with Crippen molar-refractivity contribution in [2.75, 3.05) is 4.90 Å². The van der Waals surface area contributed by atoms with Crippen molar-refractivity contribution >= 4 is 82.8 Å². The number of oxazole rings is 1. The lowest BCUT2D eigenvalue weighted by molar-refractivity contribution is 0.620. The van der Waals surface area contributed by atoms with Crippen LogP contribution in [0.5, 0.6) is 0 Å². The zero-order valence-corrected chi connectivity index (χ0v) is 27.8. The van der Waals surface area contributed by atoms with E-state index in [-0.39, 0.29) is 0 Å². The average molecular weight is 669 g/mol. The molecule has 0 fully saturated rings. The van der Waals surface area contributed by atoms with Crippen LogP contribution in [0.15, 0.2) is 183 Å². The second-order valence-electron chi connectivity index (χ2n) is 13.1. The Labute approximate surface area is 297 Å². The number of furan rings is 2. The normalized spacial score (nSPS) is 11.8. The molecule has 0 spiro atoms. The Morgan fingerprint density at radius 3 is 2.08 bits per heavy atom. The summed E-state index contributed by atoms with van der Waals surface area (Å²) in [5.74, 6) is 0.565. The number of aromatic nitrogens is 1. The van der Waals surface area contributed by atoms with Gasteiger partial charge in [-0.25, -0.2) is 4.98 Å². The maximum absolute atomic E-state index is 6.84. The smallest absolute Gasteiger partial charge is 0.228 e. The van der Waals surface area contributed by atoms with Gasteiger partial charge in [-0.1, -0.05) is 109 Å². The summed E-state index contributed by atoms with van der Waals surface area (Å²) in [5.41, 5.74) is 10.9. The van der Waals surface area contributed by atoms with Crippen molar-refractivity contribution in [1.82, 2.24) is 4.98 Å². The monoisotopic (exact) mass is 668 g/mol. The van der Waals surface area contributed by atoms with Crippen LogP contribution >= 0.6 is 0 Å². The molecule has 0 radical (unpaired) electrons. The van der Waals surface area contributed by atoms with E-state index in [2.05, 4.69) is 126 Å². The van der Waals surface area contributed by atoms with Gasteiger partial charge in [0.2, 0.25) is 5.89 Å². The molecular formula is C47H28N2O3. The third-order valence-electron chi connectivity index (χ3n) is 10.1. The molecule has 0 aliphatic heterocycles. The van der Waals surface area contributed by atoms with Crippen LogP contribution in [-0.4, -0.2) is 4.98 Å². The van der Waals surface area contributed by atoms with Gasteiger partial charge in [-0.2, -0.15) is 0 Å². The first-order valence-corrected chi connectivity index (χ1v) is 17.4. The van der Waals surface area contributed by atoms with Gasteiger partial charge in [0, 0.05) is 43.9 Å². The summed E-state index contributed by atoms with van der Waals surface area (Å²) in [6, 6.07) is 58.5.